The number of nitrogens with one attached hydrogen (secondary N) is 1. The Kier molecular flexibility index (Phi) is 8.34. The van der Waals surface area contributed by atoms with E-state index < -0.39 is 23.4 Å². The van der Waals surface area contributed by atoms with E-state index in [9.17, 15) is 19.7 Å². The number of hydrogen-bond acceptors (Lipinski definition) is 6. The average Bonchev–Trinajstić information content (AvgIpc) is 2.72. The van der Waals surface area contributed by atoms with Gasteiger partial charge in [0.2, 0.25) is 0 Å². The molecule has 2 rings (SSSR count). The summed E-state index contributed by atoms with van der Waals surface area (Å²) in [6, 6.07) is 12.0. The minimum atomic E-state index is -0.819. The lowest BCUT2D eigenvalue weighted by Crippen LogP contribution is -2.30. The van der Waals surface area contributed by atoms with Gasteiger partial charge in [-0.1, -0.05) is 38.1 Å². The lowest BCUT2D eigenvalue weighted by molar-refractivity contribution is -0.385. The summed E-state index contributed by atoms with van der Waals surface area (Å²) in [6.07, 6.45) is 0.656. The molecule has 0 atom stereocenters. The zero-order valence-corrected chi connectivity index (χ0v) is 17.3. The maximum atomic E-state index is 12.1. The van der Waals surface area contributed by atoms with Crippen LogP contribution < -0.4 is 10.1 Å². The van der Waals surface area contributed by atoms with Crippen molar-refractivity contribution in [2.24, 2.45) is 0 Å². The predicted molar refractivity (Wildman–Crippen MR) is 112 cm³/mol. The average molecular weight is 414 g/mol. The number of nitrogens with zero attached hydrogens (tertiary/aromatic N) is 1. The van der Waals surface area contributed by atoms with Gasteiger partial charge in [0.05, 0.1) is 17.1 Å². The van der Waals surface area contributed by atoms with E-state index in [0.717, 1.165) is 11.6 Å². The zero-order chi connectivity index (χ0) is 22.1. The molecule has 0 aromatic heterocycles. The molecular formula is C22H26N2O6. The predicted octanol–water partition coefficient (Wildman–Crippen LogP) is 3.63. The number of rotatable bonds is 10. The molecule has 0 saturated heterocycles. The van der Waals surface area contributed by atoms with E-state index in [1.165, 1.54) is 17.7 Å². The van der Waals surface area contributed by atoms with Gasteiger partial charge in [-0.3, -0.25) is 14.9 Å². The van der Waals surface area contributed by atoms with Crippen LogP contribution in [0.3, 0.4) is 0 Å². The zero-order valence-electron chi connectivity index (χ0n) is 17.3. The highest BCUT2D eigenvalue weighted by Gasteiger charge is 2.19. The number of carbonyl (C=O) groups is 2. The van der Waals surface area contributed by atoms with E-state index in [4.69, 9.17) is 9.47 Å². The lowest BCUT2D eigenvalue weighted by atomic mass is 10.0. The third kappa shape index (κ3) is 6.58. The van der Waals surface area contributed by atoms with Crippen LogP contribution in [-0.4, -0.2) is 36.6 Å². The Labute approximate surface area is 175 Å². The molecule has 0 unspecified atom stereocenters. The van der Waals surface area contributed by atoms with Gasteiger partial charge in [-0.05, 0) is 42.5 Å². The van der Waals surface area contributed by atoms with Crippen LogP contribution in [0.1, 0.15) is 48.2 Å². The van der Waals surface area contributed by atoms with Gasteiger partial charge < -0.3 is 14.8 Å². The van der Waals surface area contributed by atoms with Crippen molar-refractivity contribution in [3.05, 3.63) is 69.3 Å². The van der Waals surface area contributed by atoms with Crippen molar-refractivity contribution in [2.75, 3.05) is 19.8 Å². The maximum absolute atomic E-state index is 12.1. The van der Waals surface area contributed by atoms with Crippen LogP contribution >= 0.6 is 0 Å². The van der Waals surface area contributed by atoms with Gasteiger partial charge in [0.15, 0.2) is 12.4 Å². The molecule has 0 spiro atoms. The molecule has 30 heavy (non-hydrogen) atoms. The van der Waals surface area contributed by atoms with Gasteiger partial charge >= 0.3 is 11.7 Å². The molecular weight excluding hydrogens is 388 g/mol. The van der Waals surface area contributed by atoms with E-state index in [0.29, 0.717) is 18.9 Å². The third-order valence-corrected chi connectivity index (χ3v) is 4.41. The minimum Gasteiger partial charge on any atom is -0.487 e. The molecule has 0 bridgehead atoms. The number of carbonyl (C=O) groups excluding carboxylic acids is 2. The number of benzene rings is 2. The number of esters is 1. The molecule has 1 amide bonds. The highest BCUT2D eigenvalue weighted by atomic mass is 16.6. The SMILES string of the molecule is CCOc1ccc(C(=O)OCC(=O)NCCc2ccc(C(C)C)cc2)cc1[N+](=O)[O-]. The molecule has 0 fully saturated rings. The van der Waals surface area contributed by atoms with Crippen molar-refractivity contribution >= 4 is 17.6 Å². The number of amides is 1. The molecule has 0 aliphatic carbocycles. The summed E-state index contributed by atoms with van der Waals surface area (Å²) >= 11 is 0. The van der Waals surface area contributed by atoms with Gasteiger partial charge in [0.1, 0.15) is 0 Å². The normalized spacial score (nSPS) is 10.5. The largest absolute Gasteiger partial charge is 0.487 e. The summed E-state index contributed by atoms with van der Waals surface area (Å²) in [5, 5.41) is 13.8. The Bertz CT molecular complexity index is 893. The maximum Gasteiger partial charge on any atom is 0.338 e. The fourth-order valence-corrected chi connectivity index (χ4v) is 2.75. The Morgan fingerprint density at radius 1 is 1.13 bits per heavy atom. The Hall–Kier alpha value is -3.42. The summed E-state index contributed by atoms with van der Waals surface area (Å²) in [7, 11) is 0. The minimum absolute atomic E-state index is 0.0248. The summed E-state index contributed by atoms with van der Waals surface area (Å²) in [5.41, 5.74) is 1.99. The second-order valence-corrected chi connectivity index (χ2v) is 6.94. The summed E-state index contributed by atoms with van der Waals surface area (Å²) in [4.78, 5) is 34.5. The summed E-state index contributed by atoms with van der Waals surface area (Å²) in [6.45, 7) is 6.15. The Balaban J connectivity index is 1.82. The van der Waals surface area contributed by atoms with Crippen LogP contribution in [0.15, 0.2) is 42.5 Å². The number of ether oxygens (including phenoxy) is 2. The molecule has 0 aliphatic rings. The second-order valence-electron chi connectivity index (χ2n) is 6.94. The van der Waals surface area contributed by atoms with Crippen LogP contribution in [-0.2, 0) is 16.0 Å². The van der Waals surface area contributed by atoms with Crippen LogP contribution in [0.2, 0.25) is 0 Å². The van der Waals surface area contributed by atoms with Crippen LogP contribution in [0.25, 0.3) is 0 Å². The fraction of sp³-hybridized carbons (Fsp3) is 0.364. The molecule has 8 heteroatoms. The first-order valence-electron chi connectivity index (χ1n) is 9.75. The van der Waals surface area contributed by atoms with Gasteiger partial charge in [-0.2, -0.15) is 0 Å². The molecule has 0 heterocycles. The molecule has 0 saturated carbocycles. The molecule has 0 radical (unpaired) electrons. The topological polar surface area (TPSA) is 108 Å². The molecule has 0 aliphatic heterocycles. The molecule has 1 N–H and O–H groups in total. The van der Waals surface area contributed by atoms with E-state index >= 15 is 0 Å². The van der Waals surface area contributed by atoms with Crippen molar-refractivity contribution in [1.29, 1.82) is 0 Å². The number of hydrogen-bond donors (Lipinski definition) is 1. The van der Waals surface area contributed by atoms with Crippen molar-refractivity contribution in [2.45, 2.75) is 33.1 Å². The second kappa shape index (κ2) is 10.9. The molecule has 2 aromatic carbocycles. The van der Waals surface area contributed by atoms with Crippen LogP contribution in [0, 0.1) is 10.1 Å². The molecule has 160 valence electrons. The van der Waals surface area contributed by atoms with Gasteiger partial charge in [0, 0.05) is 12.6 Å². The van der Waals surface area contributed by atoms with E-state index in [-0.39, 0.29) is 23.6 Å². The Morgan fingerprint density at radius 3 is 2.43 bits per heavy atom. The molecule has 2 aromatic rings. The van der Waals surface area contributed by atoms with Gasteiger partial charge in [-0.25, -0.2) is 4.79 Å². The first-order valence-corrected chi connectivity index (χ1v) is 9.75. The Morgan fingerprint density at radius 2 is 1.83 bits per heavy atom. The smallest absolute Gasteiger partial charge is 0.338 e. The highest BCUT2D eigenvalue weighted by Crippen LogP contribution is 2.28. The van der Waals surface area contributed by atoms with Crippen molar-refractivity contribution in [3.63, 3.8) is 0 Å². The number of nitro groups is 1. The van der Waals surface area contributed by atoms with E-state index in [1.807, 2.05) is 12.1 Å². The fourth-order valence-electron chi connectivity index (χ4n) is 2.75. The number of nitro benzene ring substituents is 1. The van der Waals surface area contributed by atoms with Crippen molar-refractivity contribution < 1.29 is 24.0 Å². The van der Waals surface area contributed by atoms with Crippen molar-refractivity contribution in [3.8, 4) is 5.75 Å². The van der Waals surface area contributed by atoms with Crippen molar-refractivity contribution in [1.82, 2.24) is 5.32 Å². The summed E-state index contributed by atoms with van der Waals surface area (Å²) < 4.78 is 10.1. The monoisotopic (exact) mass is 414 g/mol. The van der Waals surface area contributed by atoms with Crippen LogP contribution in [0.5, 0.6) is 5.75 Å². The first kappa shape index (κ1) is 22.9. The van der Waals surface area contributed by atoms with Gasteiger partial charge in [-0.15, -0.1) is 0 Å². The van der Waals surface area contributed by atoms with E-state index in [2.05, 4.69) is 31.3 Å². The standard InChI is InChI=1S/C22H26N2O6/c1-4-29-20-10-9-18(13-19(20)24(27)28)22(26)30-14-21(25)23-12-11-16-5-7-17(8-6-16)15(2)3/h5-10,13,15H,4,11-12,14H2,1-3H3,(H,23,25). The van der Waals surface area contributed by atoms with Gasteiger partial charge in [0.25, 0.3) is 5.91 Å². The summed E-state index contributed by atoms with van der Waals surface area (Å²) in [5.74, 6) is -0.730. The lowest BCUT2D eigenvalue weighted by Gasteiger charge is -2.09. The third-order valence-electron chi connectivity index (χ3n) is 4.41. The quantitative estimate of drug-likeness (QED) is 0.361. The van der Waals surface area contributed by atoms with E-state index in [1.54, 1.807) is 6.92 Å². The van der Waals surface area contributed by atoms with Crippen LogP contribution in [0.4, 0.5) is 5.69 Å². The first-order chi connectivity index (χ1) is 14.3. The molecule has 8 nitrogen and oxygen atoms in total. The highest BCUT2D eigenvalue weighted by molar-refractivity contribution is 5.92.